The van der Waals surface area contributed by atoms with Crippen molar-refractivity contribution in [2.24, 2.45) is 0 Å². The molecule has 0 unspecified atom stereocenters. The normalized spacial score (nSPS) is 12.6. The number of allylic oxidation sites excluding steroid dienone is 2. The van der Waals surface area contributed by atoms with E-state index in [-0.39, 0.29) is 11.0 Å². The molecule has 0 bridgehead atoms. The van der Waals surface area contributed by atoms with Gasteiger partial charge in [-0.1, -0.05) is 104 Å². The van der Waals surface area contributed by atoms with Crippen LogP contribution in [-0.2, 0) is 9.22 Å². The highest BCUT2D eigenvalue weighted by molar-refractivity contribution is 6.75. The summed E-state index contributed by atoms with van der Waals surface area (Å²) in [6.45, 7) is 13.1. The van der Waals surface area contributed by atoms with Gasteiger partial charge in [-0.25, -0.2) is 0 Å². The Balaban J connectivity index is 3.40. The molecule has 0 spiro atoms. The number of carbonyl (C=O) groups is 1. The molecule has 0 aliphatic rings. The third kappa shape index (κ3) is 16.9. The van der Waals surface area contributed by atoms with Crippen LogP contribution in [0.4, 0.5) is 0 Å². The average Bonchev–Trinajstić information content (AvgIpc) is 2.63. The second-order valence-corrected chi connectivity index (χ2v) is 15.0. The molecule has 0 aliphatic carbocycles. The minimum absolute atomic E-state index is 0.0200. The third-order valence-corrected chi connectivity index (χ3v) is 10.7. The van der Waals surface area contributed by atoms with Gasteiger partial charge in [0.2, 0.25) is 0 Å². The second kappa shape index (κ2) is 17.1. The first kappa shape index (κ1) is 28.4. The molecule has 0 aromatic rings. The maximum Gasteiger partial charge on any atom is 0.292 e. The van der Waals surface area contributed by atoms with Gasteiger partial charge in [0.1, 0.15) is 0 Å². The van der Waals surface area contributed by atoms with E-state index in [0.717, 1.165) is 12.8 Å². The summed E-state index contributed by atoms with van der Waals surface area (Å²) in [5, 5.41) is 0.104. The molecule has 0 aromatic carbocycles. The number of rotatable bonds is 18. The quantitative estimate of drug-likeness (QED) is 0.124. The van der Waals surface area contributed by atoms with Crippen molar-refractivity contribution in [2.75, 3.05) is 0 Å². The summed E-state index contributed by atoms with van der Waals surface area (Å²) < 4.78 is 5.83. The lowest BCUT2D eigenvalue weighted by molar-refractivity contribution is -0.135. The summed E-state index contributed by atoms with van der Waals surface area (Å²) in [7, 11) is -1.93. The molecule has 172 valence electrons. The molecule has 2 nitrogen and oxygen atoms in total. The number of hydrogen-bond donors (Lipinski definition) is 0. The molecule has 0 aliphatic heterocycles. The molecule has 0 fully saturated rings. The zero-order valence-electron chi connectivity index (χ0n) is 20.8. The van der Waals surface area contributed by atoms with Gasteiger partial charge in [-0.2, -0.15) is 0 Å². The van der Waals surface area contributed by atoms with Gasteiger partial charge in [-0.3, -0.25) is 4.79 Å². The zero-order valence-corrected chi connectivity index (χ0v) is 21.8. The van der Waals surface area contributed by atoms with Crippen LogP contribution in [-0.4, -0.2) is 14.3 Å². The van der Waals surface area contributed by atoms with E-state index in [4.69, 9.17) is 4.43 Å². The maximum atomic E-state index is 12.1. The molecule has 0 saturated carbocycles. The lowest BCUT2D eigenvalue weighted by Gasteiger charge is -2.35. The van der Waals surface area contributed by atoms with E-state index in [9.17, 15) is 4.79 Å². The van der Waals surface area contributed by atoms with E-state index in [1.54, 1.807) is 0 Å². The Morgan fingerprint density at radius 3 is 1.59 bits per heavy atom. The molecule has 0 atom stereocenters. The Bertz CT molecular complexity index is 421. The monoisotopic (exact) mass is 424 g/mol. The van der Waals surface area contributed by atoms with Gasteiger partial charge < -0.3 is 4.43 Å². The second-order valence-electron chi connectivity index (χ2n) is 10.3. The first-order chi connectivity index (χ1) is 13.7. The van der Waals surface area contributed by atoms with E-state index >= 15 is 0 Å². The number of unbranched alkanes of at least 4 members (excludes halogenated alkanes) is 13. The highest BCUT2D eigenvalue weighted by Gasteiger charge is 2.40. The van der Waals surface area contributed by atoms with Gasteiger partial charge in [-0.05, 0) is 50.2 Å². The standard InChI is InChI=1S/C26H52O2Si/c1-7-8-9-10-11-12-13-14-15-16-17-18-19-20-21-22-23-24-25(27)28-29(5,6)26(2,3)4/h12-13H,7-11,14-24H2,1-6H3/b13-12-. The molecule has 0 radical (unpaired) electrons. The molecule has 29 heavy (non-hydrogen) atoms. The van der Waals surface area contributed by atoms with E-state index in [1.807, 2.05) is 0 Å². The first-order valence-corrected chi connectivity index (χ1v) is 15.5. The van der Waals surface area contributed by atoms with Gasteiger partial charge in [0, 0.05) is 6.42 Å². The van der Waals surface area contributed by atoms with E-state index in [0.29, 0.717) is 6.42 Å². The summed E-state index contributed by atoms with van der Waals surface area (Å²) >= 11 is 0. The fourth-order valence-electron chi connectivity index (χ4n) is 3.18. The van der Waals surface area contributed by atoms with Crippen molar-refractivity contribution in [1.82, 2.24) is 0 Å². The zero-order chi connectivity index (χ0) is 22.0. The molecule has 0 rings (SSSR count). The molecular formula is C26H52O2Si. The fraction of sp³-hybridized carbons (Fsp3) is 0.885. The Labute approximate surface area is 184 Å². The van der Waals surface area contributed by atoms with Crippen LogP contribution in [0.15, 0.2) is 12.2 Å². The SMILES string of the molecule is CCCCCC/C=C\CCCCCCCCCCCC(=O)O[Si](C)(C)C(C)(C)C. The van der Waals surface area contributed by atoms with Crippen molar-refractivity contribution in [2.45, 2.75) is 149 Å². The summed E-state index contributed by atoms with van der Waals surface area (Å²) in [4.78, 5) is 12.1. The fourth-order valence-corrected chi connectivity index (χ4v) is 4.16. The highest BCUT2D eigenvalue weighted by atomic mass is 28.4. The van der Waals surface area contributed by atoms with Crippen molar-refractivity contribution in [3.63, 3.8) is 0 Å². The molecule has 0 amide bonds. The van der Waals surface area contributed by atoms with Crippen LogP contribution in [0, 0.1) is 0 Å². The molecule has 0 heterocycles. The van der Waals surface area contributed by atoms with Gasteiger partial charge in [0.05, 0.1) is 0 Å². The predicted octanol–water partition coefficient (Wildman–Crippen LogP) is 9.35. The van der Waals surface area contributed by atoms with Gasteiger partial charge in [-0.15, -0.1) is 0 Å². The summed E-state index contributed by atoms with van der Waals surface area (Å²) in [6, 6.07) is 0. The van der Waals surface area contributed by atoms with Gasteiger partial charge in [0.25, 0.3) is 14.3 Å². The van der Waals surface area contributed by atoms with Crippen molar-refractivity contribution in [3.05, 3.63) is 12.2 Å². The Morgan fingerprint density at radius 1 is 0.724 bits per heavy atom. The van der Waals surface area contributed by atoms with Crippen molar-refractivity contribution in [3.8, 4) is 0 Å². The van der Waals surface area contributed by atoms with Crippen molar-refractivity contribution in [1.29, 1.82) is 0 Å². The molecule has 3 heteroatoms. The van der Waals surface area contributed by atoms with Crippen LogP contribution in [0.2, 0.25) is 18.1 Å². The first-order valence-electron chi connectivity index (χ1n) is 12.6. The largest absolute Gasteiger partial charge is 0.519 e. The lowest BCUT2D eigenvalue weighted by atomic mass is 10.1. The number of hydrogen-bond acceptors (Lipinski definition) is 2. The Hall–Kier alpha value is -0.573. The van der Waals surface area contributed by atoms with E-state index in [1.165, 1.54) is 83.5 Å². The van der Waals surface area contributed by atoms with Crippen molar-refractivity contribution >= 4 is 14.3 Å². The Morgan fingerprint density at radius 2 is 1.14 bits per heavy atom. The van der Waals surface area contributed by atoms with Gasteiger partial charge in [0.15, 0.2) is 0 Å². The Kier molecular flexibility index (Phi) is 16.8. The summed E-state index contributed by atoms with van der Waals surface area (Å²) in [6.07, 6.45) is 24.9. The van der Waals surface area contributed by atoms with E-state index < -0.39 is 8.32 Å². The summed E-state index contributed by atoms with van der Waals surface area (Å²) in [5.74, 6) is 0.0200. The maximum absolute atomic E-state index is 12.1. The average molecular weight is 425 g/mol. The topological polar surface area (TPSA) is 26.3 Å². The minimum Gasteiger partial charge on any atom is -0.519 e. The van der Waals surface area contributed by atoms with Crippen LogP contribution < -0.4 is 0 Å². The molecular weight excluding hydrogens is 372 g/mol. The molecule has 0 saturated heterocycles. The van der Waals surface area contributed by atoms with Gasteiger partial charge >= 0.3 is 0 Å². The lowest BCUT2D eigenvalue weighted by Crippen LogP contribution is -2.42. The summed E-state index contributed by atoms with van der Waals surface area (Å²) in [5.41, 5.74) is 0. The number of carbonyl (C=O) groups excluding carboxylic acids is 1. The van der Waals surface area contributed by atoms with E-state index in [2.05, 4.69) is 52.9 Å². The van der Waals surface area contributed by atoms with Crippen LogP contribution in [0.1, 0.15) is 130 Å². The van der Waals surface area contributed by atoms with Crippen molar-refractivity contribution < 1.29 is 9.22 Å². The van der Waals surface area contributed by atoms with Crippen LogP contribution in [0.5, 0.6) is 0 Å². The smallest absolute Gasteiger partial charge is 0.292 e. The highest BCUT2D eigenvalue weighted by Crippen LogP contribution is 2.36. The van der Waals surface area contributed by atoms with Crippen LogP contribution in [0.25, 0.3) is 0 Å². The molecule has 0 N–H and O–H groups in total. The minimum atomic E-state index is -1.93. The van der Waals surface area contributed by atoms with Crippen LogP contribution in [0.3, 0.4) is 0 Å². The third-order valence-electron chi connectivity index (χ3n) is 6.32. The van der Waals surface area contributed by atoms with Crippen LogP contribution >= 0.6 is 0 Å². The predicted molar refractivity (Wildman–Crippen MR) is 132 cm³/mol. The molecule has 0 aromatic heterocycles.